The van der Waals surface area contributed by atoms with Crippen molar-refractivity contribution in [3.63, 3.8) is 0 Å². The molecule has 7 heteroatoms. The Kier molecular flexibility index (Phi) is 6.12. The van der Waals surface area contributed by atoms with Gasteiger partial charge in [0, 0.05) is 35.1 Å². The molecule has 1 aliphatic rings. The third-order valence-electron chi connectivity index (χ3n) is 3.16. The van der Waals surface area contributed by atoms with Crippen LogP contribution >= 0.6 is 0 Å². The fourth-order valence-corrected chi connectivity index (χ4v) is 2.24. The maximum atomic E-state index is 9.40. The van der Waals surface area contributed by atoms with E-state index in [1.807, 2.05) is 18.2 Å². The van der Waals surface area contributed by atoms with E-state index in [0.717, 1.165) is 4.90 Å². The van der Waals surface area contributed by atoms with Gasteiger partial charge in [-0.2, -0.15) is 26.3 Å². The average Bonchev–Trinajstić information content (AvgIpc) is 2.59. The summed E-state index contributed by atoms with van der Waals surface area (Å²) in [5.41, 5.74) is 0.430. The number of hydrogen-bond donors (Lipinski definition) is 0. The van der Waals surface area contributed by atoms with Crippen LogP contribution in [0.5, 0.6) is 0 Å². The molecule has 1 radical (unpaired) electrons. The zero-order chi connectivity index (χ0) is 16.1. The third-order valence-corrected chi connectivity index (χ3v) is 3.16. The van der Waals surface area contributed by atoms with E-state index in [1.54, 1.807) is 42.6 Å². The Bertz CT molecular complexity index is 894. The fourth-order valence-electron chi connectivity index (χ4n) is 2.24. The van der Waals surface area contributed by atoms with Gasteiger partial charge in [0.2, 0.25) is 0 Å². The number of allylic oxidation sites excluding steroid dienone is 3. The molecule has 2 rings (SSSR count). The van der Waals surface area contributed by atoms with Crippen molar-refractivity contribution in [3.05, 3.63) is 52.7 Å². The van der Waals surface area contributed by atoms with E-state index in [0.29, 0.717) is 5.56 Å². The Balaban J connectivity index is 0.00000264. The van der Waals surface area contributed by atoms with Gasteiger partial charge >= 0.3 is 0 Å². The van der Waals surface area contributed by atoms with Crippen LogP contribution in [-0.4, -0.2) is 40.5 Å². The molecule has 0 fully saturated rings. The van der Waals surface area contributed by atoms with Crippen molar-refractivity contribution in [1.82, 2.24) is 4.90 Å². The van der Waals surface area contributed by atoms with Crippen LogP contribution in [0.3, 0.4) is 0 Å². The number of nitrogens with zero attached hydrogens (tertiary/aromatic N) is 6. The summed E-state index contributed by atoms with van der Waals surface area (Å²) >= 11 is 0. The Labute approximate surface area is 155 Å². The standard InChI is InChI=1S/C16H6N6.Na/c17-6-12-14(8-19)22(10-21)15(9-20)13(7-18)16(12)11-4-2-1-3-5-11;/h1-5,14H;. The zero-order valence-corrected chi connectivity index (χ0v) is 14.1. The second-order valence-electron chi connectivity index (χ2n) is 4.22. The van der Waals surface area contributed by atoms with Crippen molar-refractivity contribution < 1.29 is 0 Å². The fraction of sp³-hybridized carbons (Fsp3) is 0.0625. The van der Waals surface area contributed by atoms with Crippen LogP contribution in [0, 0.1) is 56.8 Å². The summed E-state index contributed by atoms with van der Waals surface area (Å²) in [5.74, 6) is 0. The molecule has 6 nitrogen and oxygen atoms in total. The van der Waals surface area contributed by atoms with Gasteiger partial charge < -0.3 is 0 Å². The minimum Gasteiger partial charge on any atom is -0.246 e. The minimum atomic E-state index is -1.23. The molecule has 1 heterocycles. The Hall–Kier alpha value is -3.05. The normalized spacial score (nSPS) is 16.1. The molecule has 0 aliphatic carbocycles. The van der Waals surface area contributed by atoms with Crippen molar-refractivity contribution in [1.29, 1.82) is 26.3 Å². The van der Waals surface area contributed by atoms with E-state index in [9.17, 15) is 26.3 Å². The molecule has 0 spiro atoms. The molecular weight excluding hydrogens is 299 g/mol. The van der Waals surface area contributed by atoms with E-state index < -0.39 is 6.04 Å². The quantitative estimate of drug-likeness (QED) is 0.573. The Morgan fingerprint density at radius 1 is 0.870 bits per heavy atom. The summed E-state index contributed by atoms with van der Waals surface area (Å²) in [6.07, 6.45) is 1.70. The van der Waals surface area contributed by atoms with Crippen LogP contribution < -0.4 is 0 Å². The molecular formula is C16H6N6Na. The molecule has 1 atom stereocenters. The molecule has 0 aromatic heterocycles. The maximum Gasteiger partial charge on any atom is 0.186 e. The first-order valence-electron chi connectivity index (χ1n) is 6.06. The molecule has 101 valence electrons. The molecule has 1 unspecified atom stereocenters. The summed E-state index contributed by atoms with van der Waals surface area (Å²) in [6.45, 7) is 0. The molecule has 0 saturated carbocycles. The summed E-state index contributed by atoms with van der Waals surface area (Å²) in [7, 11) is 0. The average molecular weight is 305 g/mol. The monoisotopic (exact) mass is 305 g/mol. The van der Waals surface area contributed by atoms with Gasteiger partial charge in [-0.25, -0.2) is 4.90 Å². The summed E-state index contributed by atoms with van der Waals surface area (Å²) < 4.78 is 0. The van der Waals surface area contributed by atoms with Crippen LogP contribution in [0.25, 0.3) is 5.57 Å². The van der Waals surface area contributed by atoms with Crippen LogP contribution in [-0.2, 0) is 0 Å². The van der Waals surface area contributed by atoms with Gasteiger partial charge in [-0.3, -0.25) is 0 Å². The van der Waals surface area contributed by atoms with Gasteiger partial charge in [-0.15, -0.1) is 0 Å². The second kappa shape index (κ2) is 7.82. The van der Waals surface area contributed by atoms with Crippen molar-refractivity contribution in [2.24, 2.45) is 0 Å². The maximum absolute atomic E-state index is 9.40. The van der Waals surface area contributed by atoms with E-state index >= 15 is 0 Å². The smallest absolute Gasteiger partial charge is 0.186 e. The van der Waals surface area contributed by atoms with Gasteiger partial charge in [0.05, 0.1) is 23.3 Å². The number of rotatable bonds is 1. The first-order valence-corrected chi connectivity index (χ1v) is 6.06. The van der Waals surface area contributed by atoms with Crippen LogP contribution in [0.2, 0.25) is 0 Å². The van der Waals surface area contributed by atoms with Gasteiger partial charge in [0.1, 0.15) is 17.8 Å². The predicted octanol–water partition coefficient (Wildman–Crippen LogP) is 1.57. The van der Waals surface area contributed by atoms with E-state index in [4.69, 9.17) is 0 Å². The zero-order valence-electron chi connectivity index (χ0n) is 12.1. The van der Waals surface area contributed by atoms with Gasteiger partial charge in [0.25, 0.3) is 0 Å². The van der Waals surface area contributed by atoms with Crippen LogP contribution in [0.1, 0.15) is 5.56 Å². The van der Waals surface area contributed by atoms with Crippen molar-refractivity contribution >= 4 is 35.1 Å². The van der Waals surface area contributed by atoms with Gasteiger partial charge in [-0.1, -0.05) is 30.3 Å². The topological polar surface area (TPSA) is 122 Å². The summed E-state index contributed by atoms with van der Waals surface area (Å²) in [5, 5.41) is 46.5. The van der Waals surface area contributed by atoms with Gasteiger partial charge in [-0.05, 0) is 5.56 Å². The summed E-state index contributed by atoms with van der Waals surface area (Å²) in [6, 6.07) is 14.7. The van der Waals surface area contributed by atoms with E-state index in [1.165, 1.54) is 0 Å². The SMILES string of the molecule is N#CC1=C(C#N)N(C#N)C(C#N)C(C#N)=C1c1ccccc1.[Na]. The van der Waals surface area contributed by atoms with Crippen LogP contribution in [0.15, 0.2) is 47.2 Å². The van der Waals surface area contributed by atoms with Crippen molar-refractivity contribution in [3.8, 4) is 30.5 Å². The van der Waals surface area contributed by atoms with Crippen molar-refractivity contribution in [2.75, 3.05) is 0 Å². The third kappa shape index (κ3) is 2.95. The van der Waals surface area contributed by atoms with Gasteiger partial charge in [0.15, 0.2) is 12.2 Å². The van der Waals surface area contributed by atoms with Crippen molar-refractivity contribution in [2.45, 2.75) is 6.04 Å². The molecule has 0 N–H and O–H groups in total. The molecule has 0 amide bonds. The molecule has 1 aromatic carbocycles. The molecule has 1 aromatic rings. The number of benzene rings is 1. The first kappa shape index (κ1) is 18.0. The molecule has 0 saturated heterocycles. The molecule has 0 bridgehead atoms. The molecule has 1 aliphatic heterocycles. The Morgan fingerprint density at radius 3 is 1.96 bits per heavy atom. The van der Waals surface area contributed by atoms with E-state index in [2.05, 4.69) is 0 Å². The Morgan fingerprint density at radius 2 is 1.52 bits per heavy atom. The first-order chi connectivity index (χ1) is 10.7. The van der Waals surface area contributed by atoms with E-state index in [-0.39, 0.29) is 52.0 Å². The predicted molar refractivity (Wildman–Crippen MR) is 79.8 cm³/mol. The molecule has 23 heavy (non-hydrogen) atoms. The number of nitriles is 5. The van der Waals surface area contributed by atoms with Crippen LogP contribution in [0.4, 0.5) is 0 Å². The summed E-state index contributed by atoms with van der Waals surface area (Å²) in [4.78, 5) is 0.795. The number of hydrogen-bond acceptors (Lipinski definition) is 6. The second-order valence-corrected chi connectivity index (χ2v) is 4.22. The minimum absolute atomic E-state index is 0. The largest absolute Gasteiger partial charge is 0.246 e.